The average Bonchev–Trinajstić information content (AvgIpc) is 2.53. The fraction of sp³-hybridized carbons (Fsp3) is 1.00. The third-order valence-electron chi connectivity index (χ3n) is 4.05. The van der Waals surface area contributed by atoms with Crippen molar-refractivity contribution in [3.8, 4) is 0 Å². The fourth-order valence-electron chi connectivity index (χ4n) is 2.73. The summed E-state index contributed by atoms with van der Waals surface area (Å²) in [7, 11) is -10.3. The molecule has 2 heterocycles. The maximum Gasteiger partial charge on any atom is 0.397 e. The van der Waals surface area contributed by atoms with Crippen LogP contribution in [-0.4, -0.2) is 108 Å². The minimum Gasteiger partial charge on any atom is -0.387 e. The number of aliphatic hydroxyl groups excluding tert-OH is 4. The van der Waals surface area contributed by atoms with Crippen LogP contribution in [0.2, 0.25) is 0 Å². The summed E-state index contributed by atoms with van der Waals surface area (Å²) in [6.45, 7) is -0.254. The Morgan fingerprint density at radius 3 is 1.96 bits per heavy atom. The van der Waals surface area contributed by atoms with E-state index in [2.05, 4.69) is 8.37 Å². The van der Waals surface area contributed by atoms with Gasteiger partial charge in [-0.05, 0) is 6.92 Å². The standard InChI is InChI=1S/C11H20O15S2/c1-11(24-4-2-22-10(15)8(14)6(4)12)9(26-28(19,20)21)7(13)5(3-23-11)25-27(16,17)18/h4-10,12-15H,2-3H2,1H3,(H,16,17,18)(H,19,20,21)/t4-,5-,6+,7+,8-,9-,10?,11?/m1/s1. The van der Waals surface area contributed by atoms with Gasteiger partial charge in [0, 0.05) is 0 Å². The van der Waals surface area contributed by atoms with Crippen LogP contribution < -0.4 is 0 Å². The molecule has 0 aromatic carbocycles. The van der Waals surface area contributed by atoms with Gasteiger partial charge in [0.2, 0.25) is 0 Å². The van der Waals surface area contributed by atoms with Crippen molar-refractivity contribution in [1.29, 1.82) is 0 Å². The Labute approximate surface area is 159 Å². The van der Waals surface area contributed by atoms with Crippen LogP contribution in [-0.2, 0) is 43.4 Å². The maximum absolute atomic E-state index is 11.1. The second-order valence-electron chi connectivity index (χ2n) is 6.19. The predicted molar refractivity (Wildman–Crippen MR) is 82.1 cm³/mol. The van der Waals surface area contributed by atoms with Crippen molar-refractivity contribution < 1.29 is 68.9 Å². The van der Waals surface area contributed by atoms with Crippen LogP contribution in [0.15, 0.2) is 0 Å². The molecule has 2 unspecified atom stereocenters. The van der Waals surface area contributed by atoms with Crippen LogP contribution in [0.3, 0.4) is 0 Å². The first-order valence-electron chi connectivity index (χ1n) is 7.60. The second kappa shape index (κ2) is 8.30. The third-order valence-corrected chi connectivity index (χ3v) is 4.99. The van der Waals surface area contributed by atoms with Gasteiger partial charge >= 0.3 is 20.8 Å². The number of aliphatic hydroxyl groups is 4. The van der Waals surface area contributed by atoms with Gasteiger partial charge in [-0.1, -0.05) is 0 Å². The van der Waals surface area contributed by atoms with E-state index in [4.69, 9.17) is 23.3 Å². The molecule has 0 spiro atoms. The van der Waals surface area contributed by atoms with Gasteiger partial charge in [-0.25, -0.2) is 8.37 Å². The van der Waals surface area contributed by atoms with Crippen molar-refractivity contribution in [3.05, 3.63) is 0 Å². The Balaban J connectivity index is 2.27. The minimum atomic E-state index is -5.24. The summed E-state index contributed by atoms with van der Waals surface area (Å²) < 4.78 is 85.4. The van der Waals surface area contributed by atoms with E-state index in [9.17, 15) is 37.3 Å². The van der Waals surface area contributed by atoms with Crippen LogP contribution in [0.25, 0.3) is 0 Å². The van der Waals surface area contributed by atoms with E-state index in [0.717, 1.165) is 6.92 Å². The Morgan fingerprint density at radius 2 is 1.43 bits per heavy atom. The smallest absolute Gasteiger partial charge is 0.387 e. The normalized spacial score (nSPS) is 43.0. The molecule has 0 saturated carbocycles. The first-order valence-corrected chi connectivity index (χ1v) is 10.3. The van der Waals surface area contributed by atoms with Crippen LogP contribution in [0.4, 0.5) is 0 Å². The Hall–Kier alpha value is -0.540. The topological polar surface area (TPSA) is 236 Å². The van der Waals surface area contributed by atoms with E-state index in [-0.39, 0.29) is 0 Å². The fourth-order valence-corrected chi connectivity index (χ4v) is 3.77. The van der Waals surface area contributed by atoms with Crippen molar-refractivity contribution >= 4 is 20.8 Å². The Bertz CT molecular complexity index is 752. The van der Waals surface area contributed by atoms with Gasteiger partial charge in [-0.15, -0.1) is 0 Å². The molecule has 2 fully saturated rings. The van der Waals surface area contributed by atoms with E-state index >= 15 is 0 Å². The Morgan fingerprint density at radius 1 is 0.857 bits per heavy atom. The monoisotopic (exact) mass is 456 g/mol. The van der Waals surface area contributed by atoms with Crippen LogP contribution in [0.1, 0.15) is 6.92 Å². The molecule has 166 valence electrons. The zero-order valence-electron chi connectivity index (χ0n) is 14.1. The summed E-state index contributed by atoms with van der Waals surface area (Å²) in [5.74, 6) is -2.26. The molecule has 2 aliphatic rings. The van der Waals surface area contributed by atoms with E-state index in [0.29, 0.717) is 0 Å². The molecule has 0 aromatic rings. The molecule has 0 bridgehead atoms. The lowest BCUT2D eigenvalue weighted by atomic mass is 9.97. The lowest BCUT2D eigenvalue weighted by Crippen LogP contribution is -2.65. The molecule has 0 aromatic heterocycles. The van der Waals surface area contributed by atoms with Crippen LogP contribution in [0, 0.1) is 0 Å². The highest BCUT2D eigenvalue weighted by Crippen LogP contribution is 2.34. The summed E-state index contributed by atoms with van der Waals surface area (Å²) >= 11 is 0. The van der Waals surface area contributed by atoms with Gasteiger partial charge in [-0.3, -0.25) is 9.11 Å². The van der Waals surface area contributed by atoms with E-state index in [1.165, 1.54) is 0 Å². The SMILES string of the molecule is CC1(O[C@@H]2COC(O)[C@H](O)[C@H]2O)OC[C@@H](OS(=O)(=O)O)[C@H](O)[C@H]1OS(=O)(=O)O. The molecular formula is C11H20O15S2. The summed E-state index contributed by atoms with van der Waals surface area (Å²) in [5.41, 5.74) is 0. The maximum atomic E-state index is 11.1. The highest BCUT2D eigenvalue weighted by Gasteiger charge is 2.55. The van der Waals surface area contributed by atoms with Gasteiger partial charge in [0.05, 0.1) is 13.2 Å². The highest BCUT2D eigenvalue weighted by atomic mass is 32.3. The van der Waals surface area contributed by atoms with E-state index < -0.39 is 82.7 Å². The van der Waals surface area contributed by atoms with Gasteiger partial charge < -0.3 is 34.6 Å². The second-order valence-corrected chi connectivity index (χ2v) is 8.28. The lowest BCUT2D eigenvalue weighted by Gasteiger charge is -2.47. The molecule has 0 aliphatic carbocycles. The summed E-state index contributed by atoms with van der Waals surface area (Å²) in [6, 6.07) is 0. The highest BCUT2D eigenvalue weighted by molar-refractivity contribution is 7.81. The Kier molecular flexibility index (Phi) is 7.04. The van der Waals surface area contributed by atoms with Crippen molar-refractivity contribution in [2.45, 2.75) is 55.6 Å². The molecule has 15 nitrogen and oxygen atoms in total. The molecule has 28 heavy (non-hydrogen) atoms. The molecular weight excluding hydrogens is 436 g/mol. The molecule has 2 rings (SSSR count). The zero-order chi connectivity index (χ0) is 21.5. The minimum absolute atomic E-state index is 0.502. The lowest BCUT2D eigenvalue weighted by molar-refractivity contribution is -0.363. The molecule has 0 amide bonds. The first kappa shape index (κ1) is 23.7. The summed E-state index contributed by atoms with van der Waals surface area (Å²) in [5, 5.41) is 39.2. The van der Waals surface area contributed by atoms with Gasteiger partial charge in [0.1, 0.15) is 30.5 Å². The average molecular weight is 456 g/mol. The summed E-state index contributed by atoms with van der Waals surface area (Å²) in [4.78, 5) is 0. The van der Waals surface area contributed by atoms with Gasteiger partial charge in [0.25, 0.3) is 0 Å². The molecule has 6 N–H and O–H groups in total. The van der Waals surface area contributed by atoms with Crippen molar-refractivity contribution in [2.24, 2.45) is 0 Å². The van der Waals surface area contributed by atoms with Crippen molar-refractivity contribution in [2.75, 3.05) is 13.2 Å². The predicted octanol–water partition coefficient (Wildman–Crippen LogP) is -4.07. The van der Waals surface area contributed by atoms with Crippen molar-refractivity contribution in [1.82, 2.24) is 0 Å². The number of rotatable bonds is 6. The van der Waals surface area contributed by atoms with Crippen LogP contribution in [0.5, 0.6) is 0 Å². The van der Waals surface area contributed by atoms with Crippen LogP contribution >= 0.6 is 0 Å². The number of hydrogen-bond donors (Lipinski definition) is 6. The van der Waals surface area contributed by atoms with E-state index in [1.807, 2.05) is 0 Å². The first-order chi connectivity index (χ1) is 12.6. The molecule has 8 atom stereocenters. The largest absolute Gasteiger partial charge is 0.397 e. The third kappa shape index (κ3) is 5.75. The van der Waals surface area contributed by atoms with Gasteiger partial charge in [0.15, 0.2) is 18.2 Å². The van der Waals surface area contributed by atoms with E-state index in [1.54, 1.807) is 0 Å². The zero-order valence-corrected chi connectivity index (χ0v) is 15.8. The number of hydrogen-bond acceptors (Lipinski definition) is 13. The molecule has 17 heteroatoms. The molecule has 2 saturated heterocycles. The number of ether oxygens (including phenoxy) is 3. The van der Waals surface area contributed by atoms with Gasteiger partial charge in [-0.2, -0.15) is 16.8 Å². The molecule has 0 radical (unpaired) electrons. The summed E-state index contributed by atoms with van der Waals surface area (Å²) in [6.07, 6.45) is -12.8. The van der Waals surface area contributed by atoms with Crippen molar-refractivity contribution in [3.63, 3.8) is 0 Å². The quantitative estimate of drug-likeness (QED) is 0.208. The molecule has 2 aliphatic heterocycles.